The summed E-state index contributed by atoms with van der Waals surface area (Å²) in [6, 6.07) is 10.2. The summed E-state index contributed by atoms with van der Waals surface area (Å²) >= 11 is 0. The number of hydrogen-bond acceptors (Lipinski definition) is 5. The zero-order valence-corrected chi connectivity index (χ0v) is 20.5. The van der Waals surface area contributed by atoms with Crippen LogP contribution in [-0.2, 0) is 15.4 Å². The van der Waals surface area contributed by atoms with Gasteiger partial charge in [-0.3, -0.25) is 4.79 Å². The van der Waals surface area contributed by atoms with Crippen molar-refractivity contribution in [3.05, 3.63) is 53.3 Å². The molecule has 32 heavy (non-hydrogen) atoms. The van der Waals surface area contributed by atoms with Crippen molar-refractivity contribution in [2.24, 2.45) is 0 Å². The van der Waals surface area contributed by atoms with E-state index in [1.165, 1.54) is 0 Å². The Hall–Kier alpha value is -2.74. The van der Waals surface area contributed by atoms with Crippen molar-refractivity contribution in [1.29, 1.82) is 0 Å². The lowest BCUT2D eigenvalue weighted by atomic mass is 10.0. The van der Waals surface area contributed by atoms with Gasteiger partial charge in [-0.15, -0.1) is 0 Å². The fraction of sp³-hybridized carbons (Fsp3) is 0.458. The van der Waals surface area contributed by atoms with Crippen molar-refractivity contribution >= 4 is 26.8 Å². The zero-order chi connectivity index (χ0) is 23.7. The molecule has 0 atom stereocenters. The first-order valence-electron chi connectivity index (χ1n) is 10.9. The summed E-state index contributed by atoms with van der Waals surface area (Å²) in [5, 5.41) is 8.28. The minimum atomic E-state index is -3.37. The number of carbonyl (C=O) groups excluding carboxylic acids is 1. The molecule has 0 radical (unpaired) electrons. The first-order chi connectivity index (χ1) is 14.9. The molecule has 172 valence electrons. The molecule has 0 bridgehead atoms. The second-order valence-corrected chi connectivity index (χ2v) is 11.5. The van der Waals surface area contributed by atoms with Crippen LogP contribution in [-0.4, -0.2) is 41.4 Å². The third-order valence-corrected chi connectivity index (χ3v) is 7.10. The largest absolute Gasteiger partial charge is 0.352 e. The standard InChI is InChI=1S/C24H32N4O3S/c1-16(2)20-15-19(21-17(3)27-28(22(21)26-20)24(4,5)6)23(29)25-13-10-14-32(30,31)18-11-8-7-9-12-18/h7-9,11-12,15-16H,10,13-14H2,1-6H3,(H,25,29). The van der Waals surface area contributed by atoms with Crippen LogP contribution < -0.4 is 5.32 Å². The summed E-state index contributed by atoms with van der Waals surface area (Å²) in [4.78, 5) is 18.2. The molecular formula is C24H32N4O3S. The van der Waals surface area contributed by atoms with Gasteiger partial charge in [-0.25, -0.2) is 18.1 Å². The van der Waals surface area contributed by atoms with E-state index < -0.39 is 9.84 Å². The minimum Gasteiger partial charge on any atom is -0.352 e. The molecule has 7 nitrogen and oxygen atoms in total. The van der Waals surface area contributed by atoms with Crippen LogP contribution >= 0.6 is 0 Å². The number of sulfone groups is 1. The molecule has 0 saturated heterocycles. The number of carbonyl (C=O) groups is 1. The van der Waals surface area contributed by atoms with Gasteiger partial charge in [0.15, 0.2) is 15.5 Å². The number of nitrogens with one attached hydrogen (secondary N) is 1. The van der Waals surface area contributed by atoms with Gasteiger partial charge >= 0.3 is 0 Å². The first kappa shape index (κ1) is 23.9. The highest BCUT2D eigenvalue weighted by Gasteiger charge is 2.25. The predicted molar refractivity (Wildman–Crippen MR) is 127 cm³/mol. The molecule has 2 aromatic heterocycles. The molecule has 0 fully saturated rings. The van der Waals surface area contributed by atoms with E-state index in [1.807, 2.05) is 31.5 Å². The third kappa shape index (κ3) is 5.01. The maximum Gasteiger partial charge on any atom is 0.252 e. The normalized spacial score (nSPS) is 12.5. The third-order valence-electron chi connectivity index (χ3n) is 5.28. The molecule has 0 aliphatic heterocycles. The highest BCUT2D eigenvalue weighted by atomic mass is 32.2. The SMILES string of the molecule is Cc1nn(C(C)(C)C)c2nc(C(C)C)cc(C(=O)NCCCS(=O)(=O)c3ccccc3)c12. The molecule has 8 heteroatoms. The van der Waals surface area contributed by atoms with Crippen LogP contribution in [0.15, 0.2) is 41.3 Å². The number of benzene rings is 1. The molecular weight excluding hydrogens is 424 g/mol. The average molecular weight is 457 g/mol. The minimum absolute atomic E-state index is 0.0265. The zero-order valence-electron chi connectivity index (χ0n) is 19.6. The van der Waals surface area contributed by atoms with E-state index in [0.29, 0.717) is 22.5 Å². The number of amides is 1. The smallest absolute Gasteiger partial charge is 0.252 e. The van der Waals surface area contributed by atoms with Crippen molar-refractivity contribution in [2.75, 3.05) is 12.3 Å². The highest BCUT2D eigenvalue weighted by molar-refractivity contribution is 7.91. The van der Waals surface area contributed by atoms with Gasteiger partial charge in [0.1, 0.15) is 0 Å². The molecule has 3 rings (SSSR count). The summed E-state index contributed by atoms with van der Waals surface area (Å²) < 4.78 is 26.8. The monoisotopic (exact) mass is 456 g/mol. The van der Waals surface area contributed by atoms with Crippen LogP contribution in [0.5, 0.6) is 0 Å². The lowest BCUT2D eigenvalue weighted by Gasteiger charge is -2.20. The van der Waals surface area contributed by atoms with Gasteiger partial charge in [-0.2, -0.15) is 5.10 Å². The molecule has 1 aromatic carbocycles. The maximum atomic E-state index is 13.1. The second-order valence-electron chi connectivity index (χ2n) is 9.36. The maximum absolute atomic E-state index is 13.1. The lowest BCUT2D eigenvalue weighted by molar-refractivity contribution is 0.0955. The summed E-state index contributed by atoms with van der Waals surface area (Å²) in [6.45, 7) is 12.4. The fourth-order valence-corrected chi connectivity index (χ4v) is 4.89. The summed E-state index contributed by atoms with van der Waals surface area (Å²) in [6.07, 6.45) is 0.328. The van der Waals surface area contributed by atoms with Crippen LogP contribution in [0.2, 0.25) is 0 Å². The van der Waals surface area contributed by atoms with E-state index >= 15 is 0 Å². The topological polar surface area (TPSA) is 93.9 Å². The summed E-state index contributed by atoms with van der Waals surface area (Å²) in [7, 11) is -3.37. The van der Waals surface area contributed by atoms with Crippen LogP contribution in [0, 0.1) is 6.92 Å². The average Bonchev–Trinajstić information content (AvgIpc) is 3.08. The van der Waals surface area contributed by atoms with Crippen LogP contribution in [0.1, 0.15) is 68.7 Å². The van der Waals surface area contributed by atoms with Crippen LogP contribution in [0.3, 0.4) is 0 Å². The second kappa shape index (κ2) is 9.02. The first-order valence-corrected chi connectivity index (χ1v) is 12.5. The number of nitrogens with zero attached hydrogens (tertiary/aromatic N) is 3. The molecule has 0 saturated carbocycles. The van der Waals surface area contributed by atoms with E-state index in [1.54, 1.807) is 30.3 Å². The van der Waals surface area contributed by atoms with E-state index in [-0.39, 0.29) is 29.7 Å². The Kier molecular flexibility index (Phi) is 6.74. The van der Waals surface area contributed by atoms with Crippen molar-refractivity contribution in [1.82, 2.24) is 20.1 Å². The van der Waals surface area contributed by atoms with Gasteiger partial charge in [-0.1, -0.05) is 32.0 Å². The van der Waals surface area contributed by atoms with E-state index in [9.17, 15) is 13.2 Å². The van der Waals surface area contributed by atoms with Gasteiger partial charge in [0.05, 0.1) is 32.8 Å². The summed E-state index contributed by atoms with van der Waals surface area (Å²) in [5.41, 5.74) is 2.50. The molecule has 0 aliphatic rings. The molecule has 0 spiro atoms. The van der Waals surface area contributed by atoms with E-state index in [0.717, 1.165) is 16.8 Å². The molecule has 0 aliphatic carbocycles. The van der Waals surface area contributed by atoms with Gasteiger partial charge < -0.3 is 5.32 Å². The summed E-state index contributed by atoms with van der Waals surface area (Å²) in [5.74, 6) is -0.125. The molecule has 3 aromatic rings. The lowest BCUT2D eigenvalue weighted by Crippen LogP contribution is -2.27. The molecule has 1 amide bonds. The number of hydrogen-bond donors (Lipinski definition) is 1. The van der Waals surface area contributed by atoms with E-state index in [4.69, 9.17) is 4.98 Å². The number of aromatic nitrogens is 3. The number of aryl methyl sites for hydroxylation is 1. The predicted octanol–water partition coefficient (Wildman–Crippen LogP) is 4.21. The Morgan fingerprint density at radius 1 is 1.16 bits per heavy atom. The van der Waals surface area contributed by atoms with Gasteiger partial charge in [-0.05, 0) is 58.2 Å². The van der Waals surface area contributed by atoms with Crippen LogP contribution in [0.25, 0.3) is 11.0 Å². The van der Waals surface area contributed by atoms with Crippen molar-refractivity contribution in [2.45, 2.75) is 64.3 Å². The molecule has 2 heterocycles. The van der Waals surface area contributed by atoms with Crippen molar-refractivity contribution in [3.63, 3.8) is 0 Å². The fourth-order valence-electron chi connectivity index (χ4n) is 3.56. The quantitative estimate of drug-likeness (QED) is 0.538. The highest BCUT2D eigenvalue weighted by Crippen LogP contribution is 2.28. The Labute approximate surface area is 190 Å². The Bertz CT molecular complexity index is 1220. The molecule has 0 unspecified atom stereocenters. The number of rotatable bonds is 7. The van der Waals surface area contributed by atoms with Crippen LogP contribution in [0.4, 0.5) is 0 Å². The van der Waals surface area contributed by atoms with Gasteiger partial charge in [0.2, 0.25) is 0 Å². The molecule has 1 N–H and O–H groups in total. The Morgan fingerprint density at radius 2 is 1.81 bits per heavy atom. The van der Waals surface area contributed by atoms with Gasteiger partial charge in [0.25, 0.3) is 5.91 Å². The van der Waals surface area contributed by atoms with E-state index in [2.05, 4.69) is 31.2 Å². The number of pyridine rings is 1. The Balaban J connectivity index is 1.82. The van der Waals surface area contributed by atoms with Crippen molar-refractivity contribution < 1.29 is 13.2 Å². The van der Waals surface area contributed by atoms with Crippen molar-refractivity contribution in [3.8, 4) is 0 Å². The van der Waals surface area contributed by atoms with Gasteiger partial charge in [0, 0.05) is 12.2 Å². The number of fused-ring (bicyclic) bond motifs is 1. The Morgan fingerprint density at radius 3 is 2.41 bits per heavy atom.